The number of amides is 1. The first-order valence-corrected chi connectivity index (χ1v) is 4.69. The number of methoxy groups -OCH3 is 1. The third kappa shape index (κ3) is 3.74. The number of nitrogens with zero attached hydrogens (tertiary/aromatic N) is 1. The molecule has 0 aliphatic carbocycles. The molecule has 0 saturated carbocycles. The maximum atomic E-state index is 11.1. The Labute approximate surface area is 78.8 Å². The van der Waals surface area contributed by atoms with Crippen LogP contribution in [-0.2, 0) is 14.3 Å². The molecule has 0 unspecified atom stereocenters. The van der Waals surface area contributed by atoms with Crippen LogP contribution in [0.4, 0.5) is 0 Å². The van der Waals surface area contributed by atoms with Crippen LogP contribution in [0.1, 0.15) is 12.8 Å². The summed E-state index contributed by atoms with van der Waals surface area (Å²) in [6, 6.07) is 0. The highest BCUT2D eigenvalue weighted by atomic mass is 16.5. The Morgan fingerprint density at radius 2 is 2.23 bits per heavy atom. The van der Waals surface area contributed by atoms with Gasteiger partial charge in [-0.1, -0.05) is 0 Å². The molecule has 0 N–H and O–H groups in total. The summed E-state index contributed by atoms with van der Waals surface area (Å²) in [6.45, 7) is 3.47. The number of hydrogen-bond donors (Lipinski definition) is 0. The van der Waals surface area contributed by atoms with Gasteiger partial charge in [0.15, 0.2) is 0 Å². The average Bonchev–Trinajstić information content (AvgIpc) is 2.52. The zero-order valence-corrected chi connectivity index (χ0v) is 8.12. The molecule has 0 atom stereocenters. The Morgan fingerprint density at radius 1 is 1.38 bits per heavy atom. The van der Waals surface area contributed by atoms with Crippen molar-refractivity contribution >= 4 is 5.91 Å². The Balaban J connectivity index is 1.96. The minimum atomic E-state index is 0.260. The lowest BCUT2D eigenvalue weighted by Crippen LogP contribution is -2.28. The van der Waals surface area contributed by atoms with Crippen molar-refractivity contribution in [1.82, 2.24) is 4.90 Å². The summed E-state index contributed by atoms with van der Waals surface area (Å²) in [5.41, 5.74) is 0. The van der Waals surface area contributed by atoms with Gasteiger partial charge in [0.25, 0.3) is 0 Å². The fourth-order valence-corrected chi connectivity index (χ4v) is 1.36. The topological polar surface area (TPSA) is 38.8 Å². The van der Waals surface area contributed by atoms with Crippen LogP contribution in [0.25, 0.3) is 0 Å². The molecule has 4 heteroatoms. The second-order valence-electron chi connectivity index (χ2n) is 3.09. The molecule has 1 amide bonds. The van der Waals surface area contributed by atoms with Gasteiger partial charge >= 0.3 is 0 Å². The molecule has 0 spiro atoms. The summed E-state index contributed by atoms with van der Waals surface area (Å²) in [4.78, 5) is 13.0. The van der Waals surface area contributed by atoms with Crippen molar-refractivity contribution in [1.29, 1.82) is 0 Å². The highest BCUT2D eigenvalue weighted by molar-refractivity contribution is 5.77. The summed E-state index contributed by atoms with van der Waals surface area (Å²) in [7, 11) is 1.65. The molecule has 1 rings (SSSR count). The summed E-state index contributed by atoms with van der Waals surface area (Å²) in [5.74, 6) is 0.260. The SMILES string of the molecule is COCCOCCN1CCCC1=O. The largest absolute Gasteiger partial charge is 0.382 e. The Morgan fingerprint density at radius 3 is 2.85 bits per heavy atom. The highest BCUT2D eigenvalue weighted by Gasteiger charge is 2.18. The van der Waals surface area contributed by atoms with E-state index in [9.17, 15) is 4.79 Å². The smallest absolute Gasteiger partial charge is 0.222 e. The van der Waals surface area contributed by atoms with Crippen LogP contribution in [0.3, 0.4) is 0 Å². The van der Waals surface area contributed by atoms with E-state index in [2.05, 4.69) is 0 Å². The van der Waals surface area contributed by atoms with Gasteiger partial charge in [-0.3, -0.25) is 4.79 Å². The van der Waals surface area contributed by atoms with Gasteiger partial charge in [-0.15, -0.1) is 0 Å². The molecule has 1 heterocycles. The van der Waals surface area contributed by atoms with Gasteiger partial charge in [0, 0.05) is 26.6 Å². The van der Waals surface area contributed by atoms with Crippen molar-refractivity contribution in [3.8, 4) is 0 Å². The summed E-state index contributed by atoms with van der Waals surface area (Å²) in [5, 5.41) is 0. The van der Waals surface area contributed by atoms with Crippen molar-refractivity contribution in [2.24, 2.45) is 0 Å². The van der Waals surface area contributed by atoms with Crippen LogP contribution in [0, 0.1) is 0 Å². The molecule has 1 aliphatic rings. The van der Waals surface area contributed by atoms with E-state index in [0.29, 0.717) is 26.2 Å². The normalized spacial score (nSPS) is 17.0. The predicted octanol–water partition coefficient (Wildman–Crippen LogP) is 0.272. The quantitative estimate of drug-likeness (QED) is 0.560. The number of hydrogen-bond acceptors (Lipinski definition) is 3. The van der Waals surface area contributed by atoms with Crippen LogP contribution in [0.15, 0.2) is 0 Å². The van der Waals surface area contributed by atoms with E-state index in [1.54, 1.807) is 7.11 Å². The van der Waals surface area contributed by atoms with Gasteiger partial charge in [0.05, 0.1) is 19.8 Å². The second-order valence-corrected chi connectivity index (χ2v) is 3.09. The van der Waals surface area contributed by atoms with Gasteiger partial charge in [-0.2, -0.15) is 0 Å². The number of carbonyl (C=O) groups is 1. The van der Waals surface area contributed by atoms with Crippen LogP contribution >= 0.6 is 0 Å². The molecule has 1 fully saturated rings. The Kier molecular flexibility index (Phi) is 4.78. The van der Waals surface area contributed by atoms with Gasteiger partial charge in [-0.05, 0) is 6.42 Å². The molecular weight excluding hydrogens is 170 g/mol. The van der Waals surface area contributed by atoms with Gasteiger partial charge in [0.1, 0.15) is 0 Å². The van der Waals surface area contributed by atoms with Crippen LogP contribution < -0.4 is 0 Å². The predicted molar refractivity (Wildman–Crippen MR) is 48.5 cm³/mol. The van der Waals surface area contributed by atoms with E-state index >= 15 is 0 Å². The summed E-state index contributed by atoms with van der Waals surface area (Å²) in [6.07, 6.45) is 1.70. The summed E-state index contributed by atoms with van der Waals surface area (Å²) >= 11 is 0. The first-order chi connectivity index (χ1) is 6.34. The van der Waals surface area contributed by atoms with Crippen LogP contribution in [0.2, 0.25) is 0 Å². The van der Waals surface area contributed by atoms with Gasteiger partial charge in [-0.25, -0.2) is 0 Å². The van der Waals surface area contributed by atoms with Crippen LogP contribution in [0.5, 0.6) is 0 Å². The van der Waals surface area contributed by atoms with E-state index in [1.165, 1.54) is 0 Å². The number of rotatable bonds is 6. The molecule has 0 aromatic heterocycles. The van der Waals surface area contributed by atoms with E-state index in [1.807, 2.05) is 4.90 Å². The fraction of sp³-hybridized carbons (Fsp3) is 0.889. The fourth-order valence-electron chi connectivity index (χ4n) is 1.36. The molecule has 0 aromatic rings. The minimum Gasteiger partial charge on any atom is -0.382 e. The van der Waals surface area contributed by atoms with Crippen molar-refractivity contribution in [3.05, 3.63) is 0 Å². The molecule has 1 saturated heterocycles. The molecular formula is C9H17NO3. The molecule has 4 nitrogen and oxygen atoms in total. The lowest BCUT2D eigenvalue weighted by molar-refractivity contribution is -0.128. The van der Waals surface area contributed by atoms with E-state index in [4.69, 9.17) is 9.47 Å². The molecule has 0 aromatic carbocycles. The Bertz CT molecular complexity index is 161. The van der Waals surface area contributed by atoms with Gasteiger partial charge < -0.3 is 14.4 Å². The monoisotopic (exact) mass is 187 g/mol. The lowest BCUT2D eigenvalue weighted by Gasteiger charge is -2.14. The third-order valence-electron chi connectivity index (χ3n) is 2.11. The molecule has 0 radical (unpaired) electrons. The third-order valence-corrected chi connectivity index (χ3v) is 2.11. The standard InChI is InChI=1S/C9H17NO3/c1-12-7-8-13-6-5-10-4-2-3-9(10)11/h2-8H2,1H3. The summed E-state index contributed by atoms with van der Waals surface area (Å²) < 4.78 is 10.1. The van der Waals surface area contributed by atoms with E-state index in [0.717, 1.165) is 19.5 Å². The molecule has 76 valence electrons. The van der Waals surface area contributed by atoms with Crippen LogP contribution in [-0.4, -0.2) is 50.8 Å². The van der Waals surface area contributed by atoms with Crippen molar-refractivity contribution < 1.29 is 14.3 Å². The minimum absolute atomic E-state index is 0.260. The number of carbonyl (C=O) groups excluding carboxylic acids is 1. The van der Waals surface area contributed by atoms with Gasteiger partial charge in [0.2, 0.25) is 5.91 Å². The number of likely N-dealkylation sites (tertiary alicyclic amines) is 1. The van der Waals surface area contributed by atoms with E-state index in [-0.39, 0.29) is 5.91 Å². The van der Waals surface area contributed by atoms with Crippen molar-refractivity contribution in [2.75, 3.05) is 40.0 Å². The first kappa shape index (κ1) is 10.5. The maximum absolute atomic E-state index is 11.1. The molecule has 1 aliphatic heterocycles. The first-order valence-electron chi connectivity index (χ1n) is 4.69. The Hall–Kier alpha value is -0.610. The van der Waals surface area contributed by atoms with E-state index < -0.39 is 0 Å². The molecule has 13 heavy (non-hydrogen) atoms. The average molecular weight is 187 g/mol. The maximum Gasteiger partial charge on any atom is 0.222 e. The zero-order valence-electron chi connectivity index (χ0n) is 8.12. The lowest BCUT2D eigenvalue weighted by atomic mass is 10.4. The van der Waals surface area contributed by atoms with Crippen molar-refractivity contribution in [2.45, 2.75) is 12.8 Å². The second kappa shape index (κ2) is 5.94. The van der Waals surface area contributed by atoms with Crippen molar-refractivity contribution in [3.63, 3.8) is 0 Å². The number of ether oxygens (including phenoxy) is 2. The highest BCUT2D eigenvalue weighted by Crippen LogP contribution is 2.08. The molecule has 0 bridgehead atoms. The zero-order chi connectivity index (χ0) is 9.52.